The number of ether oxygens (including phenoxy) is 1. The third kappa shape index (κ3) is 4.22. The molecule has 2 aliphatic rings. The molecule has 1 saturated heterocycles. The first-order valence-electron chi connectivity index (χ1n) is 7.94. The lowest BCUT2D eigenvalue weighted by Crippen LogP contribution is -2.39. The summed E-state index contributed by atoms with van der Waals surface area (Å²) < 4.78 is 5.33. The molecule has 0 aromatic rings. The quantitative estimate of drug-likeness (QED) is 0.673. The first-order valence-corrected chi connectivity index (χ1v) is 7.94. The summed E-state index contributed by atoms with van der Waals surface area (Å²) in [5.41, 5.74) is 0. The molecule has 1 unspecified atom stereocenters. The Morgan fingerprint density at radius 2 is 1.94 bits per heavy atom. The van der Waals surface area contributed by atoms with E-state index < -0.39 is 0 Å². The Morgan fingerprint density at radius 3 is 2.72 bits per heavy atom. The van der Waals surface area contributed by atoms with Crippen molar-refractivity contribution in [1.29, 1.82) is 0 Å². The second-order valence-corrected chi connectivity index (χ2v) is 5.74. The van der Waals surface area contributed by atoms with Crippen LogP contribution in [0.4, 0.5) is 0 Å². The molecule has 106 valence electrons. The van der Waals surface area contributed by atoms with Crippen LogP contribution in [-0.2, 0) is 4.74 Å². The third-order valence-corrected chi connectivity index (χ3v) is 4.56. The summed E-state index contributed by atoms with van der Waals surface area (Å²) in [6.45, 7) is 8.41. The van der Waals surface area contributed by atoms with Crippen LogP contribution in [-0.4, -0.2) is 50.3 Å². The highest BCUT2D eigenvalue weighted by atomic mass is 16.5. The maximum atomic E-state index is 5.33. The minimum absolute atomic E-state index is 0.831. The third-order valence-electron chi connectivity index (χ3n) is 4.56. The van der Waals surface area contributed by atoms with Gasteiger partial charge in [0, 0.05) is 32.3 Å². The molecule has 1 aliphatic carbocycles. The summed E-state index contributed by atoms with van der Waals surface area (Å²) in [4.78, 5) is 2.74. The van der Waals surface area contributed by atoms with Crippen LogP contribution in [0, 0.1) is 5.92 Å². The lowest BCUT2D eigenvalue weighted by molar-refractivity contribution is 0.146. The van der Waals surface area contributed by atoms with Gasteiger partial charge in [-0.1, -0.05) is 12.8 Å². The predicted molar refractivity (Wildman–Crippen MR) is 75.9 cm³/mol. The van der Waals surface area contributed by atoms with Crippen LogP contribution in [0.1, 0.15) is 45.4 Å². The SMILES string of the molecule is CCOCCNCCN1CCCC1C1CCCC1. The highest BCUT2D eigenvalue weighted by Gasteiger charge is 2.32. The van der Waals surface area contributed by atoms with E-state index in [0.717, 1.165) is 38.3 Å². The maximum Gasteiger partial charge on any atom is 0.0590 e. The van der Waals surface area contributed by atoms with E-state index >= 15 is 0 Å². The Balaban J connectivity index is 1.59. The molecule has 2 rings (SSSR count). The van der Waals surface area contributed by atoms with Gasteiger partial charge >= 0.3 is 0 Å². The van der Waals surface area contributed by atoms with Crippen molar-refractivity contribution in [2.24, 2.45) is 5.92 Å². The van der Waals surface area contributed by atoms with E-state index in [9.17, 15) is 0 Å². The van der Waals surface area contributed by atoms with E-state index in [2.05, 4.69) is 17.1 Å². The van der Waals surface area contributed by atoms with E-state index in [1.165, 1.54) is 51.6 Å². The fraction of sp³-hybridized carbons (Fsp3) is 1.00. The molecule has 1 N–H and O–H groups in total. The molecule has 1 heterocycles. The monoisotopic (exact) mass is 254 g/mol. The lowest BCUT2D eigenvalue weighted by Gasteiger charge is -2.29. The van der Waals surface area contributed by atoms with Gasteiger partial charge in [0.1, 0.15) is 0 Å². The number of nitrogens with one attached hydrogen (secondary N) is 1. The average Bonchev–Trinajstić information content (AvgIpc) is 3.03. The van der Waals surface area contributed by atoms with Crippen LogP contribution in [0.15, 0.2) is 0 Å². The average molecular weight is 254 g/mol. The van der Waals surface area contributed by atoms with Crippen LogP contribution >= 0.6 is 0 Å². The van der Waals surface area contributed by atoms with Gasteiger partial charge in [0.05, 0.1) is 6.61 Å². The van der Waals surface area contributed by atoms with Crippen molar-refractivity contribution < 1.29 is 4.74 Å². The van der Waals surface area contributed by atoms with Gasteiger partial charge in [-0.3, -0.25) is 4.90 Å². The Labute approximate surface area is 112 Å². The number of hydrogen-bond acceptors (Lipinski definition) is 3. The molecule has 3 nitrogen and oxygen atoms in total. The molecule has 0 radical (unpaired) electrons. The number of rotatable bonds is 8. The Bertz CT molecular complexity index is 217. The van der Waals surface area contributed by atoms with Crippen molar-refractivity contribution in [2.45, 2.75) is 51.5 Å². The van der Waals surface area contributed by atoms with Gasteiger partial charge in [-0.25, -0.2) is 0 Å². The van der Waals surface area contributed by atoms with E-state index in [-0.39, 0.29) is 0 Å². The van der Waals surface area contributed by atoms with Crippen molar-refractivity contribution in [3.63, 3.8) is 0 Å². The summed E-state index contributed by atoms with van der Waals surface area (Å²) in [6.07, 6.45) is 8.78. The minimum atomic E-state index is 0.831. The van der Waals surface area contributed by atoms with Crippen molar-refractivity contribution in [3.8, 4) is 0 Å². The fourth-order valence-corrected chi connectivity index (χ4v) is 3.64. The van der Waals surface area contributed by atoms with Crippen molar-refractivity contribution in [2.75, 3.05) is 39.4 Å². The van der Waals surface area contributed by atoms with Crippen LogP contribution in [0.2, 0.25) is 0 Å². The van der Waals surface area contributed by atoms with E-state index in [1.54, 1.807) is 0 Å². The summed E-state index contributed by atoms with van der Waals surface area (Å²) in [5, 5.41) is 3.49. The van der Waals surface area contributed by atoms with Gasteiger partial charge in [0.2, 0.25) is 0 Å². The second-order valence-electron chi connectivity index (χ2n) is 5.74. The summed E-state index contributed by atoms with van der Waals surface area (Å²) in [6, 6.07) is 0.904. The molecule has 1 atom stereocenters. The van der Waals surface area contributed by atoms with Gasteiger partial charge in [-0.2, -0.15) is 0 Å². The molecule has 0 spiro atoms. The van der Waals surface area contributed by atoms with Crippen molar-refractivity contribution in [1.82, 2.24) is 10.2 Å². The molecule has 1 aliphatic heterocycles. The van der Waals surface area contributed by atoms with Gasteiger partial charge in [0.25, 0.3) is 0 Å². The minimum Gasteiger partial charge on any atom is -0.380 e. The van der Waals surface area contributed by atoms with E-state index in [0.29, 0.717) is 0 Å². The summed E-state index contributed by atoms with van der Waals surface area (Å²) in [5.74, 6) is 1.01. The van der Waals surface area contributed by atoms with Crippen molar-refractivity contribution >= 4 is 0 Å². The van der Waals surface area contributed by atoms with Gasteiger partial charge < -0.3 is 10.1 Å². The maximum absolute atomic E-state index is 5.33. The van der Waals surface area contributed by atoms with Crippen LogP contribution < -0.4 is 5.32 Å². The van der Waals surface area contributed by atoms with Crippen LogP contribution in [0.25, 0.3) is 0 Å². The van der Waals surface area contributed by atoms with Crippen molar-refractivity contribution in [3.05, 3.63) is 0 Å². The molecule has 2 fully saturated rings. The standard InChI is InChI=1S/C15H30N2O/c1-2-18-13-10-16-9-12-17-11-5-8-15(17)14-6-3-4-7-14/h14-16H,2-13H2,1H3. The Hall–Kier alpha value is -0.120. The van der Waals surface area contributed by atoms with E-state index in [1.807, 2.05) is 0 Å². The molecule has 0 aromatic heterocycles. The predicted octanol–water partition coefficient (Wildman–Crippen LogP) is 2.27. The Morgan fingerprint density at radius 1 is 1.11 bits per heavy atom. The summed E-state index contributed by atoms with van der Waals surface area (Å²) >= 11 is 0. The number of hydrogen-bond donors (Lipinski definition) is 1. The lowest BCUT2D eigenvalue weighted by atomic mass is 9.96. The second kappa shape index (κ2) is 8.13. The Kier molecular flexibility index (Phi) is 6.46. The van der Waals surface area contributed by atoms with Crippen LogP contribution in [0.3, 0.4) is 0 Å². The summed E-state index contributed by atoms with van der Waals surface area (Å²) in [7, 11) is 0. The molecule has 3 heteroatoms. The van der Waals surface area contributed by atoms with Crippen LogP contribution in [0.5, 0.6) is 0 Å². The molecular formula is C15H30N2O. The van der Waals surface area contributed by atoms with E-state index in [4.69, 9.17) is 4.74 Å². The highest BCUT2D eigenvalue weighted by molar-refractivity contribution is 4.87. The number of likely N-dealkylation sites (tertiary alicyclic amines) is 1. The normalized spacial score (nSPS) is 26.2. The molecule has 18 heavy (non-hydrogen) atoms. The van der Waals surface area contributed by atoms with Gasteiger partial charge in [0.15, 0.2) is 0 Å². The van der Waals surface area contributed by atoms with Gasteiger partial charge in [-0.05, 0) is 45.1 Å². The first-order chi connectivity index (χ1) is 8.92. The zero-order valence-corrected chi connectivity index (χ0v) is 12.0. The number of nitrogens with zero attached hydrogens (tertiary/aromatic N) is 1. The molecule has 0 amide bonds. The molecular weight excluding hydrogens is 224 g/mol. The smallest absolute Gasteiger partial charge is 0.0590 e. The first kappa shape index (κ1) is 14.3. The zero-order chi connectivity index (χ0) is 12.6. The topological polar surface area (TPSA) is 24.5 Å². The fourth-order valence-electron chi connectivity index (χ4n) is 3.64. The largest absolute Gasteiger partial charge is 0.380 e. The molecule has 1 saturated carbocycles. The zero-order valence-electron chi connectivity index (χ0n) is 12.0. The molecule has 0 bridgehead atoms. The van der Waals surface area contributed by atoms with Gasteiger partial charge in [-0.15, -0.1) is 0 Å². The molecule has 0 aromatic carbocycles. The highest BCUT2D eigenvalue weighted by Crippen LogP contribution is 2.34.